The van der Waals surface area contributed by atoms with Gasteiger partial charge in [0.25, 0.3) is 5.91 Å². The summed E-state index contributed by atoms with van der Waals surface area (Å²) in [4.78, 5) is 14.7. The van der Waals surface area contributed by atoms with E-state index in [2.05, 4.69) is 10.5 Å². The largest absolute Gasteiger partial charge is 0.497 e. The predicted molar refractivity (Wildman–Crippen MR) is 115 cm³/mol. The van der Waals surface area contributed by atoms with Crippen LogP contribution < -0.4 is 19.5 Å². The Bertz CT molecular complexity index is 1050. The molecule has 0 aliphatic carbocycles. The van der Waals surface area contributed by atoms with Crippen LogP contribution in [0.5, 0.6) is 17.2 Å². The van der Waals surface area contributed by atoms with E-state index in [-0.39, 0.29) is 17.6 Å². The van der Waals surface area contributed by atoms with Crippen molar-refractivity contribution in [1.29, 1.82) is 0 Å². The normalized spacial score (nSPS) is 13.7. The molecule has 1 amide bonds. The molecule has 0 saturated carbocycles. The molecule has 1 atom stereocenters. The zero-order valence-corrected chi connectivity index (χ0v) is 17.8. The van der Waals surface area contributed by atoms with Crippen LogP contribution in [0.2, 0.25) is 0 Å². The first-order chi connectivity index (χ1) is 15.0. The van der Waals surface area contributed by atoms with E-state index in [1.54, 1.807) is 13.2 Å². The highest BCUT2D eigenvalue weighted by Crippen LogP contribution is 2.34. The fourth-order valence-corrected chi connectivity index (χ4v) is 3.42. The van der Waals surface area contributed by atoms with Gasteiger partial charge >= 0.3 is 0 Å². The third-order valence-electron chi connectivity index (χ3n) is 5.15. The van der Waals surface area contributed by atoms with Crippen LogP contribution in [-0.4, -0.2) is 56.9 Å². The summed E-state index contributed by atoms with van der Waals surface area (Å²) in [6, 6.07) is 14.9. The molecular formula is C23H25N3O5. The SMILES string of the molecule is COc1ccc([C@H](CNC(=O)c2cc(-c3ccc4c(c3)OCCO4)on2)N(C)C)cc1. The molecule has 1 N–H and O–H groups in total. The number of carbonyl (C=O) groups is 1. The summed E-state index contributed by atoms with van der Waals surface area (Å²) in [7, 11) is 5.57. The van der Waals surface area contributed by atoms with Crippen molar-refractivity contribution in [3.63, 3.8) is 0 Å². The predicted octanol–water partition coefficient (Wildman–Crippen LogP) is 3.15. The average Bonchev–Trinajstić information content (AvgIpc) is 3.29. The zero-order valence-electron chi connectivity index (χ0n) is 17.8. The van der Waals surface area contributed by atoms with Crippen molar-refractivity contribution >= 4 is 5.91 Å². The van der Waals surface area contributed by atoms with Crippen LogP contribution in [0.25, 0.3) is 11.3 Å². The summed E-state index contributed by atoms with van der Waals surface area (Å²) in [6.07, 6.45) is 0. The van der Waals surface area contributed by atoms with Gasteiger partial charge < -0.3 is 29.0 Å². The van der Waals surface area contributed by atoms with Crippen molar-refractivity contribution in [1.82, 2.24) is 15.4 Å². The summed E-state index contributed by atoms with van der Waals surface area (Å²) in [5.41, 5.74) is 2.06. The maximum absolute atomic E-state index is 12.7. The van der Waals surface area contributed by atoms with E-state index < -0.39 is 0 Å². The molecule has 0 unspecified atom stereocenters. The molecule has 3 aromatic rings. The Balaban J connectivity index is 1.43. The van der Waals surface area contributed by atoms with Gasteiger partial charge in [-0.2, -0.15) is 0 Å². The number of methoxy groups -OCH3 is 1. The van der Waals surface area contributed by atoms with Crippen molar-refractivity contribution in [3.8, 4) is 28.6 Å². The van der Waals surface area contributed by atoms with E-state index >= 15 is 0 Å². The van der Waals surface area contributed by atoms with Gasteiger partial charge in [0.1, 0.15) is 19.0 Å². The van der Waals surface area contributed by atoms with Crippen molar-refractivity contribution in [3.05, 3.63) is 59.8 Å². The van der Waals surface area contributed by atoms with Crippen LogP contribution in [0.4, 0.5) is 0 Å². The third-order valence-corrected chi connectivity index (χ3v) is 5.15. The smallest absolute Gasteiger partial charge is 0.273 e. The Morgan fingerprint density at radius 2 is 1.84 bits per heavy atom. The Morgan fingerprint density at radius 1 is 1.10 bits per heavy atom. The molecule has 8 nitrogen and oxygen atoms in total. The number of nitrogens with one attached hydrogen (secondary N) is 1. The van der Waals surface area contributed by atoms with Gasteiger partial charge in [-0.3, -0.25) is 4.79 Å². The van der Waals surface area contributed by atoms with Crippen LogP contribution in [0, 0.1) is 0 Å². The standard InChI is InChI=1S/C23H25N3O5/c1-26(2)19(15-4-7-17(28-3)8-5-15)14-24-23(27)18-13-21(31-25-18)16-6-9-20-22(12-16)30-11-10-29-20/h4-9,12-13,19H,10-11,14H2,1-3H3,(H,24,27)/t19-/m0/s1. The molecule has 1 aliphatic heterocycles. The molecule has 31 heavy (non-hydrogen) atoms. The van der Waals surface area contributed by atoms with Crippen LogP contribution >= 0.6 is 0 Å². The number of fused-ring (bicyclic) bond motifs is 1. The molecule has 4 rings (SSSR count). The Morgan fingerprint density at radius 3 is 2.55 bits per heavy atom. The van der Waals surface area contributed by atoms with Crippen molar-refractivity contribution in [2.45, 2.75) is 6.04 Å². The van der Waals surface area contributed by atoms with Gasteiger partial charge in [0, 0.05) is 18.2 Å². The van der Waals surface area contributed by atoms with Gasteiger partial charge in [-0.1, -0.05) is 17.3 Å². The number of ether oxygens (including phenoxy) is 3. The quantitative estimate of drug-likeness (QED) is 0.625. The van der Waals surface area contributed by atoms with Crippen molar-refractivity contribution < 1.29 is 23.5 Å². The second-order valence-electron chi connectivity index (χ2n) is 7.40. The first-order valence-electron chi connectivity index (χ1n) is 10.0. The summed E-state index contributed by atoms with van der Waals surface area (Å²) in [5, 5.41) is 6.88. The molecule has 0 saturated heterocycles. The molecule has 0 fully saturated rings. The summed E-state index contributed by atoms with van der Waals surface area (Å²) in [6.45, 7) is 1.45. The maximum atomic E-state index is 12.7. The molecule has 2 heterocycles. The number of likely N-dealkylation sites (N-methyl/N-ethyl adjacent to an activating group) is 1. The average molecular weight is 423 g/mol. The number of rotatable bonds is 7. The highest BCUT2D eigenvalue weighted by atomic mass is 16.6. The first kappa shape index (κ1) is 20.7. The number of benzene rings is 2. The van der Waals surface area contributed by atoms with Gasteiger partial charge in [-0.25, -0.2) is 0 Å². The Hall–Kier alpha value is -3.52. The van der Waals surface area contributed by atoms with E-state index in [4.69, 9.17) is 18.7 Å². The number of hydrogen-bond acceptors (Lipinski definition) is 7. The topological polar surface area (TPSA) is 86.1 Å². The van der Waals surface area contributed by atoms with Gasteiger partial charge in [0.05, 0.1) is 13.2 Å². The van der Waals surface area contributed by atoms with E-state index in [1.807, 2.05) is 61.5 Å². The second-order valence-corrected chi connectivity index (χ2v) is 7.40. The van der Waals surface area contributed by atoms with Crippen LogP contribution in [0.15, 0.2) is 53.1 Å². The summed E-state index contributed by atoms with van der Waals surface area (Å²) in [5.74, 6) is 2.33. The molecule has 2 aromatic carbocycles. The van der Waals surface area contributed by atoms with E-state index in [0.29, 0.717) is 37.0 Å². The molecule has 0 radical (unpaired) electrons. The molecule has 0 bridgehead atoms. The van der Waals surface area contributed by atoms with E-state index in [0.717, 1.165) is 16.9 Å². The monoisotopic (exact) mass is 423 g/mol. The second kappa shape index (κ2) is 9.09. The first-order valence-corrected chi connectivity index (χ1v) is 10.0. The third kappa shape index (κ3) is 4.64. The number of nitrogens with zero attached hydrogens (tertiary/aromatic N) is 2. The summed E-state index contributed by atoms with van der Waals surface area (Å²) >= 11 is 0. The van der Waals surface area contributed by atoms with Gasteiger partial charge in [0.15, 0.2) is 23.0 Å². The minimum absolute atomic E-state index is 0.000905. The van der Waals surface area contributed by atoms with Crippen molar-refractivity contribution in [2.75, 3.05) is 41.0 Å². The lowest BCUT2D eigenvalue weighted by atomic mass is 10.1. The fourth-order valence-electron chi connectivity index (χ4n) is 3.42. The number of hydrogen-bond donors (Lipinski definition) is 1. The van der Waals surface area contributed by atoms with Gasteiger partial charge in [-0.05, 0) is 50.0 Å². The molecule has 1 aliphatic rings. The highest BCUT2D eigenvalue weighted by Gasteiger charge is 2.20. The number of aromatic nitrogens is 1. The molecule has 162 valence electrons. The maximum Gasteiger partial charge on any atom is 0.273 e. The minimum atomic E-state index is -0.298. The lowest BCUT2D eigenvalue weighted by molar-refractivity contribution is 0.0933. The summed E-state index contributed by atoms with van der Waals surface area (Å²) < 4.78 is 21.8. The number of carbonyl (C=O) groups excluding carboxylic acids is 1. The number of amides is 1. The van der Waals surface area contributed by atoms with Crippen LogP contribution in [-0.2, 0) is 0 Å². The van der Waals surface area contributed by atoms with Crippen LogP contribution in [0.1, 0.15) is 22.1 Å². The molecular weight excluding hydrogens is 398 g/mol. The lowest BCUT2D eigenvalue weighted by Crippen LogP contribution is -2.34. The van der Waals surface area contributed by atoms with E-state index in [1.165, 1.54) is 0 Å². The molecule has 1 aromatic heterocycles. The van der Waals surface area contributed by atoms with Gasteiger partial charge in [-0.15, -0.1) is 0 Å². The highest BCUT2D eigenvalue weighted by molar-refractivity contribution is 5.93. The Labute approximate surface area is 180 Å². The zero-order chi connectivity index (χ0) is 21.8. The molecule has 0 spiro atoms. The fraction of sp³-hybridized carbons (Fsp3) is 0.304. The Kier molecular flexibility index (Phi) is 6.08. The van der Waals surface area contributed by atoms with Gasteiger partial charge in [0.2, 0.25) is 0 Å². The van der Waals surface area contributed by atoms with E-state index in [9.17, 15) is 4.79 Å². The minimum Gasteiger partial charge on any atom is -0.497 e. The van der Waals surface area contributed by atoms with Crippen molar-refractivity contribution in [2.24, 2.45) is 0 Å². The lowest BCUT2D eigenvalue weighted by Gasteiger charge is -2.25. The van der Waals surface area contributed by atoms with Crippen LogP contribution in [0.3, 0.4) is 0 Å². The molecule has 8 heteroatoms.